The molecule has 0 spiro atoms. The number of nitrogens with one attached hydrogen (secondary N) is 3. The molecule has 2 aromatic carbocycles. The Balaban J connectivity index is 1.74. The van der Waals surface area contributed by atoms with Crippen LogP contribution in [0, 0.1) is 14.8 Å². The van der Waals surface area contributed by atoms with E-state index in [1.54, 1.807) is 24.3 Å². The van der Waals surface area contributed by atoms with Crippen LogP contribution < -0.4 is 16.0 Å². The molecule has 2 amide bonds. The lowest BCUT2D eigenvalue weighted by atomic mass is 9.85. The van der Waals surface area contributed by atoms with E-state index >= 15 is 0 Å². The van der Waals surface area contributed by atoms with Gasteiger partial charge in [-0.25, -0.2) is 9.18 Å². The minimum atomic E-state index is -1.27. The van der Waals surface area contributed by atoms with Gasteiger partial charge in [0.1, 0.15) is 22.6 Å². The number of aromatic hydroxyl groups is 1. The molecule has 1 aliphatic heterocycles. The number of carbonyl (C=O) groups is 3. The van der Waals surface area contributed by atoms with Gasteiger partial charge in [-0.2, -0.15) is 0 Å². The van der Waals surface area contributed by atoms with Crippen LogP contribution in [0.4, 0.5) is 15.1 Å². The summed E-state index contributed by atoms with van der Waals surface area (Å²) in [5.41, 5.74) is 0.976. The van der Waals surface area contributed by atoms with Crippen LogP contribution in [-0.2, 0) is 17.6 Å². The molecular weight excluding hydrogens is 612 g/mol. The molecule has 0 saturated carbocycles. The Bertz CT molecular complexity index is 1370. The highest BCUT2D eigenvalue weighted by Crippen LogP contribution is 2.40. The molecule has 4 rings (SSSR count). The zero-order valence-electron chi connectivity index (χ0n) is 20.0. The summed E-state index contributed by atoms with van der Waals surface area (Å²) in [6.07, 6.45) is 0.362. The molecule has 0 saturated heterocycles. The third kappa shape index (κ3) is 6.21. The van der Waals surface area contributed by atoms with Crippen LogP contribution in [0.15, 0.2) is 42.5 Å². The lowest BCUT2D eigenvalue weighted by Gasteiger charge is -2.23. The lowest BCUT2D eigenvalue weighted by molar-refractivity contribution is -0.139. The number of carboxylic acids is 1. The summed E-state index contributed by atoms with van der Waals surface area (Å²) in [5, 5.41) is 28.0. The van der Waals surface area contributed by atoms with Crippen molar-refractivity contribution in [3.63, 3.8) is 0 Å². The van der Waals surface area contributed by atoms with E-state index in [2.05, 4.69) is 16.0 Å². The average Bonchev–Trinajstić information content (AvgIpc) is 3.12. The molecule has 3 aromatic rings. The maximum absolute atomic E-state index is 14.7. The maximum atomic E-state index is 14.7. The first-order valence-corrected chi connectivity index (χ1v) is 13.3. The van der Waals surface area contributed by atoms with Crippen molar-refractivity contribution in [3.05, 3.63) is 73.4 Å². The molecule has 0 radical (unpaired) electrons. The van der Waals surface area contributed by atoms with E-state index in [9.17, 15) is 29.0 Å². The number of amides is 2. The maximum Gasteiger partial charge on any atom is 0.326 e. The minimum absolute atomic E-state index is 0.0197. The van der Waals surface area contributed by atoms with Crippen LogP contribution in [0.3, 0.4) is 0 Å². The van der Waals surface area contributed by atoms with Crippen LogP contribution >= 0.6 is 33.9 Å². The van der Waals surface area contributed by atoms with E-state index in [4.69, 9.17) is 0 Å². The van der Waals surface area contributed by atoms with Crippen LogP contribution in [0.1, 0.15) is 45.0 Å². The number of halogens is 2. The Kier molecular flexibility index (Phi) is 7.74. The van der Waals surface area contributed by atoms with E-state index < -0.39 is 23.7 Å². The summed E-state index contributed by atoms with van der Waals surface area (Å²) >= 11 is 3.02. The second-order valence-corrected chi connectivity index (χ2v) is 11.9. The molecule has 8 nitrogen and oxygen atoms in total. The molecular formula is C26H25FIN3O5S. The molecule has 0 fully saturated rings. The zero-order valence-corrected chi connectivity index (χ0v) is 23.0. The number of carbonyl (C=O) groups excluding carboxylic acids is 2. The van der Waals surface area contributed by atoms with Crippen LogP contribution in [0.5, 0.6) is 5.75 Å². The Morgan fingerprint density at radius 3 is 2.57 bits per heavy atom. The van der Waals surface area contributed by atoms with E-state index in [1.165, 1.54) is 18.2 Å². The van der Waals surface area contributed by atoms with Gasteiger partial charge in [-0.1, -0.05) is 26.0 Å². The molecule has 0 bridgehead atoms. The number of benzene rings is 2. The number of phenolic OH excluding ortho intramolecular Hbond substituents is 1. The largest absolute Gasteiger partial charge is 0.508 e. The summed E-state index contributed by atoms with van der Waals surface area (Å²) in [6.45, 7) is 4.32. The number of carboxylic acid groups (broad SMARTS) is 1. The Morgan fingerprint density at radius 1 is 1.22 bits per heavy atom. The summed E-state index contributed by atoms with van der Waals surface area (Å²) in [5.74, 6) is -2.74. The van der Waals surface area contributed by atoms with Crippen molar-refractivity contribution in [2.45, 2.75) is 32.7 Å². The van der Waals surface area contributed by atoms with Crippen molar-refractivity contribution in [1.82, 2.24) is 10.6 Å². The Hall–Kier alpha value is -3.19. The van der Waals surface area contributed by atoms with Gasteiger partial charge in [0.2, 0.25) is 0 Å². The monoisotopic (exact) mass is 637 g/mol. The van der Waals surface area contributed by atoms with Gasteiger partial charge >= 0.3 is 5.97 Å². The Labute approximate surface area is 230 Å². The zero-order chi connectivity index (χ0) is 26.9. The normalized spacial score (nSPS) is 15.2. The van der Waals surface area contributed by atoms with Crippen molar-refractivity contribution >= 4 is 62.4 Å². The quantitative estimate of drug-likeness (QED) is 0.240. The van der Waals surface area contributed by atoms with Crippen LogP contribution in [0.25, 0.3) is 0 Å². The highest BCUT2D eigenvalue weighted by Gasteiger charge is 2.35. The third-order valence-electron chi connectivity index (χ3n) is 5.98. The number of anilines is 2. The summed E-state index contributed by atoms with van der Waals surface area (Å²) in [6, 6.07) is 9.34. The van der Waals surface area contributed by atoms with Crippen molar-refractivity contribution in [2.24, 2.45) is 5.41 Å². The fourth-order valence-corrected chi connectivity index (χ4v) is 5.70. The van der Waals surface area contributed by atoms with E-state index in [0.717, 1.165) is 11.3 Å². The highest BCUT2D eigenvalue weighted by atomic mass is 127. The minimum Gasteiger partial charge on any atom is -0.508 e. The number of fused-ring (bicyclic) bond motifs is 1. The predicted molar refractivity (Wildman–Crippen MR) is 147 cm³/mol. The van der Waals surface area contributed by atoms with Crippen molar-refractivity contribution in [3.8, 4) is 5.75 Å². The number of thiophene rings is 1. The average molecular weight is 637 g/mol. The fourth-order valence-electron chi connectivity index (χ4n) is 4.10. The molecule has 1 aliphatic rings. The van der Waals surface area contributed by atoms with Gasteiger partial charge in [0, 0.05) is 16.5 Å². The van der Waals surface area contributed by atoms with Gasteiger partial charge < -0.3 is 26.2 Å². The van der Waals surface area contributed by atoms with E-state index in [-0.39, 0.29) is 39.7 Å². The van der Waals surface area contributed by atoms with Crippen molar-refractivity contribution in [2.75, 3.05) is 11.9 Å². The molecule has 37 heavy (non-hydrogen) atoms. The summed E-state index contributed by atoms with van der Waals surface area (Å²) < 4.78 is 15.4. The van der Waals surface area contributed by atoms with Gasteiger partial charge in [-0.15, -0.1) is 11.3 Å². The van der Waals surface area contributed by atoms with Crippen LogP contribution in [-0.4, -0.2) is 40.6 Å². The predicted octanol–water partition coefficient (Wildman–Crippen LogP) is 4.68. The van der Waals surface area contributed by atoms with Gasteiger partial charge in [-0.3, -0.25) is 9.59 Å². The standard InChI is InChI=1S/C26H25FIN3O5S/c1-26(2)11-16-20(22(33)30-19(25(35)36)9-13-3-6-15(32)7-4-13)24(37-21(16)23(34)29-12-26)31-18-8-5-14(28)10-17(18)27/h3-8,10,19,31-32H,9,11-12H2,1-2H3,(H,29,34)(H,30,33)(H,35,36). The number of phenols is 1. The third-order valence-corrected chi connectivity index (χ3v) is 7.80. The smallest absolute Gasteiger partial charge is 0.326 e. The molecule has 11 heteroatoms. The second-order valence-electron chi connectivity index (χ2n) is 9.62. The first-order chi connectivity index (χ1) is 17.4. The van der Waals surface area contributed by atoms with E-state index in [0.29, 0.717) is 32.5 Å². The van der Waals surface area contributed by atoms with Crippen molar-refractivity contribution < 1.29 is 29.0 Å². The number of hydrogen-bond donors (Lipinski definition) is 5. The number of rotatable bonds is 7. The van der Waals surface area contributed by atoms with Gasteiger partial charge in [0.25, 0.3) is 11.8 Å². The molecule has 194 valence electrons. The van der Waals surface area contributed by atoms with Gasteiger partial charge in [0.15, 0.2) is 0 Å². The van der Waals surface area contributed by atoms with Gasteiger partial charge in [-0.05, 0) is 75.9 Å². The van der Waals surface area contributed by atoms with Crippen LogP contribution in [0.2, 0.25) is 0 Å². The highest BCUT2D eigenvalue weighted by molar-refractivity contribution is 14.1. The Morgan fingerprint density at radius 2 is 1.92 bits per heavy atom. The van der Waals surface area contributed by atoms with E-state index in [1.807, 2.05) is 36.4 Å². The lowest BCUT2D eigenvalue weighted by Crippen LogP contribution is -2.42. The first kappa shape index (κ1) is 26.9. The number of aliphatic carboxylic acids is 1. The molecule has 2 heterocycles. The second kappa shape index (κ2) is 10.7. The van der Waals surface area contributed by atoms with Crippen molar-refractivity contribution in [1.29, 1.82) is 0 Å². The number of hydrogen-bond acceptors (Lipinski definition) is 6. The fraction of sp³-hybridized carbons (Fsp3) is 0.269. The molecule has 5 N–H and O–H groups in total. The SMILES string of the molecule is CC1(C)CNC(=O)c2sc(Nc3ccc(I)cc3F)c(C(=O)NC(Cc3ccc(O)cc3)C(=O)O)c2C1. The molecule has 1 aromatic heterocycles. The first-order valence-electron chi connectivity index (χ1n) is 11.4. The summed E-state index contributed by atoms with van der Waals surface area (Å²) in [7, 11) is 0. The molecule has 0 aliphatic carbocycles. The molecule has 1 unspecified atom stereocenters. The topological polar surface area (TPSA) is 128 Å². The van der Waals surface area contributed by atoms with Gasteiger partial charge in [0.05, 0.1) is 16.1 Å². The molecule has 1 atom stereocenters. The summed E-state index contributed by atoms with van der Waals surface area (Å²) in [4.78, 5) is 38.9.